The summed E-state index contributed by atoms with van der Waals surface area (Å²) in [4.78, 5) is 32.9. The molecule has 0 bridgehead atoms. The predicted molar refractivity (Wildman–Crippen MR) is 99.3 cm³/mol. The zero-order chi connectivity index (χ0) is 19.4. The number of aryl methyl sites for hydroxylation is 2. The molecule has 0 fully saturated rings. The Morgan fingerprint density at radius 1 is 1.26 bits per heavy atom. The molecule has 140 valence electrons. The van der Waals surface area contributed by atoms with Crippen LogP contribution in [0.4, 0.5) is 0 Å². The van der Waals surface area contributed by atoms with Crippen molar-refractivity contribution >= 4 is 17.4 Å². The Balaban J connectivity index is 1.82. The molecule has 3 heterocycles. The van der Waals surface area contributed by atoms with Gasteiger partial charge in [0, 0.05) is 18.8 Å². The molecule has 0 aliphatic heterocycles. The molecule has 3 aromatic rings. The van der Waals surface area contributed by atoms with E-state index < -0.39 is 5.97 Å². The number of rotatable bonds is 7. The molecule has 0 unspecified atom stereocenters. The first-order valence-corrected chi connectivity index (χ1v) is 8.72. The summed E-state index contributed by atoms with van der Waals surface area (Å²) in [5, 5.41) is 0. The van der Waals surface area contributed by atoms with Crippen molar-refractivity contribution in [3.05, 3.63) is 59.3 Å². The maximum atomic E-state index is 12.8. The van der Waals surface area contributed by atoms with Gasteiger partial charge < -0.3 is 9.47 Å². The molecule has 0 N–H and O–H groups in total. The second-order valence-electron chi connectivity index (χ2n) is 6.01. The summed E-state index contributed by atoms with van der Waals surface area (Å²) >= 11 is 0. The van der Waals surface area contributed by atoms with E-state index in [0.717, 1.165) is 5.56 Å². The molecule has 7 nitrogen and oxygen atoms in total. The van der Waals surface area contributed by atoms with E-state index in [9.17, 15) is 9.59 Å². The van der Waals surface area contributed by atoms with E-state index in [1.54, 1.807) is 22.7 Å². The third-order valence-electron chi connectivity index (χ3n) is 4.21. The molecule has 0 radical (unpaired) electrons. The third kappa shape index (κ3) is 3.81. The van der Waals surface area contributed by atoms with Crippen molar-refractivity contribution in [2.45, 2.75) is 26.7 Å². The molecule has 3 aromatic heterocycles. The maximum absolute atomic E-state index is 12.8. The number of fused-ring (bicyclic) bond motifs is 1. The van der Waals surface area contributed by atoms with Crippen LogP contribution in [0.5, 0.6) is 5.75 Å². The molecular formula is C20H21N3O4. The molecule has 0 aromatic carbocycles. The van der Waals surface area contributed by atoms with Crippen LogP contribution in [0.3, 0.4) is 0 Å². The molecule has 7 heteroatoms. The smallest absolute Gasteiger partial charge is 0.356 e. The minimum Gasteiger partial charge on any atom is -0.490 e. The number of esters is 1. The molecule has 0 atom stereocenters. The van der Waals surface area contributed by atoms with E-state index >= 15 is 0 Å². The molecule has 3 rings (SSSR count). The molecule has 0 saturated heterocycles. The monoisotopic (exact) mass is 367 g/mol. The predicted octanol–water partition coefficient (Wildman–Crippen LogP) is 3.04. The highest BCUT2D eigenvalue weighted by Crippen LogP contribution is 2.23. The summed E-state index contributed by atoms with van der Waals surface area (Å²) in [7, 11) is 1.31. The maximum Gasteiger partial charge on any atom is 0.356 e. The Hall–Kier alpha value is -3.22. The summed E-state index contributed by atoms with van der Waals surface area (Å²) in [6.07, 6.45) is 4.13. The van der Waals surface area contributed by atoms with Crippen LogP contribution in [0.25, 0.3) is 5.65 Å². The number of nitrogens with zero attached hydrogens (tertiary/aromatic N) is 3. The highest BCUT2D eigenvalue weighted by molar-refractivity contribution is 5.97. The van der Waals surface area contributed by atoms with Gasteiger partial charge in [-0.2, -0.15) is 0 Å². The van der Waals surface area contributed by atoms with E-state index in [1.165, 1.54) is 7.11 Å². The SMILES string of the molecule is CCOc1cccn2c(C(=O)CCc3ccnc(C(=O)OC)c3)c(C)nc12. The van der Waals surface area contributed by atoms with Gasteiger partial charge >= 0.3 is 5.97 Å². The topological polar surface area (TPSA) is 82.8 Å². The summed E-state index contributed by atoms with van der Waals surface area (Å²) in [5.41, 5.74) is 2.93. The fraction of sp³-hybridized carbons (Fsp3) is 0.300. The van der Waals surface area contributed by atoms with Crippen LogP contribution in [0.15, 0.2) is 36.7 Å². The minimum atomic E-state index is -0.496. The first kappa shape index (κ1) is 18.6. The zero-order valence-electron chi connectivity index (χ0n) is 15.6. The number of hydrogen-bond acceptors (Lipinski definition) is 6. The van der Waals surface area contributed by atoms with Crippen LogP contribution >= 0.6 is 0 Å². The Morgan fingerprint density at radius 3 is 2.81 bits per heavy atom. The Kier molecular flexibility index (Phi) is 5.49. The van der Waals surface area contributed by atoms with E-state index in [0.29, 0.717) is 35.8 Å². The number of hydrogen-bond donors (Lipinski definition) is 0. The second-order valence-corrected chi connectivity index (χ2v) is 6.01. The van der Waals surface area contributed by atoms with Crippen LogP contribution in [-0.4, -0.2) is 39.8 Å². The van der Waals surface area contributed by atoms with Gasteiger partial charge in [-0.05, 0) is 50.1 Å². The molecule has 0 aliphatic carbocycles. The van der Waals surface area contributed by atoms with Gasteiger partial charge in [0.15, 0.2) is 17.2 Å². The Labute approximate surface area is 157 Å². The van der Waals surface area contributed by atoms with E-state index in [1.807, 2.05) is 32.2 Å². The van der Waals surface area contributed by atoms with Gasteiger partial charge in [0.1, 0.15) is 11.4 Å². The summed E-state index contributed by atoms with van der Waals surface area (Å²) in [6.45, 7) is 4.25. The highest BCUT2D eigenvalue weighted by Gasteiger charge is 2.19. The van der Waals surface area contributed by atoms with Gasteiger partial charge in [-0.25, -0.2) is 14.8 Å². The van der Waals surface area contributed by atoms with Gasteiger partial charge in [0.25, 0.3) is 0 Å². The molecule has 27 heavy (non-hydrogen) atoms. The highest BCUT2D eigenvalue weighted by atomic mass is 16.5. The van der Waals surface area contributed by atoms with Gasteiger partial charge in [-0.3, -0.25) is 9.20 Å². The van der Waals surface area contributed by atoms with Crippen molar-refractivity contribution in [1.82, 2.24) is 14.4 Å². The normalized spacial score (nSPS) is 10.8. The van der Waals surface area contributed by atoms with E-state index in [-0.39, 0.29) is 17.9 Å². The number of ketones is 1. The lowest BCUT2D eigenvalue weighted by molar-refractivity contribution is 0.0594. The fourth-order valence-corrected chi connectivity index (χ4v) is 2.98. The third-order valence-corrected chi connectivity index (χ3v) is 4.21. The summed E-state index contributed by atoms with van der Waals surface area (Å²) in [6, 6.07) is 7.11. The van der Waals surface area contributed by atoms with Crippen molar-refractivity contribution in [3.8, 4) is 5.75 Å². The summed E-state index contributed by atoms with van der Waals surface area (Å²) in [5.74, 6) is 0.133. The lowest BCUT2D eigenvalue weighted by Crippen LogP contribution is -2.08. The Bertz CT molecular complexity index is 994. The van der Waals surface area contributed by atoms with Crippen molar-refractivity contribution in [1.29, 1.82) is 0 Å². The number of aromatic nitrogens is 3. The number of carbonyl (C=O) groups is 2. The van der Waals surface area contributed by atoms with Crippen LogP contribution < -0.4 is 4.74 Å². The fourth-order valence-electron chi connectivity index (χ4n) is 2.98. The van der Waals surface area contributed by atoms with E-state index in [4.69, 9.17) is 4.74 Å². The van der Waals surface area contributed by atoms with Crippen LogP contribution in [-0.2, 0) is 11.2 Å². The van der Waals surface area contributed by atoms with Gasteiger partial charge in [-0.15, -0.1) is 0 Å². The van der Waals surface area contributed by atoms with Crippen LogP contribution in [0.2, 0.25) is 0 Å². The minimum absolute atomic E-state index is 0.0231. The van der Waals surface area contributed by atoms with Crippen molar-refractivity contribution < 1.29 is 19.1 Å². The molecule has 0 spiro atoms. The largest absolute Gasteiger partial charge is 0.490 e. The zero-order valence-corrected chi connectivity index (χ0v) is 15.6. The lowest BCUT2D eigenvalue weighted by atomic mass is 10.1. The molecular weight excluding hydrogens is 346 g/mol. The lowest BCUT2D eigenvalue weighted by Gasteiger charge is -2.06. The number of ether oxygens (including phenoxy) is 2. The number of methoxy groups -OCH3 is 1. The number of pyridine rings is 2. The van der Waals surface area contributed by atoms with E-state index in [2.05, 4.69) is 14.7 Å². The summed E-state index contributed by atoms with van der Waals surface area (Å²) < 4.78 is 12.0. The Morgan fingerprint density at radius 2 is 2.07 bits per heavy atom. The van der Waals surface area contributed by atoms with Crippen molar-refractivity contribution in [3.63, 3.8) is 0 Å². The first-order valence-electron chi connectivity index (χ1n) is 8.72. The van der Waals surface area contributed by atoms with Crippen molar-refractivity contribution in [2.75, 3.05) is 13.7 Å². The van der Waals surface area contributed by atoms with Crippen molar-refractivity contribution in [2.24, 2.45) is 0 Å². The molecule has 0 saturated carbocycles. The first-order chi connectivity index (χ1) is 13.0. The number of imidazole rings is 1. The number of carbonyl (C=O) groups excluding carboxylic acids is 2. The van der Waals surface area contributed by atoms with Gasteiger partial charge in [-0.1, -0.05) is 0 Å². The standard InChI is InChI=1S/C20H21N3O4/c1-4-27-17-6-5-11-23-18(13(2)22-19(17)23)16(24)8-7-14-9-10-21-15(12-14)20(25)26-3/h5-6,9-12H,4,7-8H2,1-3H3. The van der Waals surface area contributed by atoms with Crippen LogP contribution in [0, 0.1) is 6.92 Å². The average molecular weight is 367 g/mol. The van der Waals surface area contributed by atoms with Gasteiger partial charge in [0.05, 0.1) is 19.4 Å². The van der Waals surface area contributed by atoms with Gasteiger partial charge in [0.2, 0.25) is 0 Å². The number of Topliss-reactive ketones (excluding diaryl/α,β-unsaturated/α-hetero) is 1. The average Bonchev–Trinajstić information content (AvgIpc) is 3.03. The second kappa shape index (κ2) is 7.99. The quantitative estimate of drug-likeness (QED) is 0.471. The van der Waals surface area contributed by atoms with Crippen LogP contribution in [0.1, 0.15) is 45.6 Å². The molecule has 0 amide bonds. The molecule has 0 aliphatic rings.